The highest BCUT2D eigenvalue weighted by atomic mass is 16.7. The number of aliphatic hydroxyl groups excluding tert-OH is 3. The van der Waals surface area contributed by atoms with Gasteiger partial charge in [0.2, 0.25) is 0 Å². The van der Waals surface area contributed by atoms with E-state index in [1.807, 2.05) is 0 Å². The molecule has 0 radical (unpaired) electrons. The number of carbonyl (C=O) groups excluding carboxylic acids is 3. The third-order valence-corrected chi connectivity index (χ3v) is 11.5. The van der Waals surface area contributed by atoms with E-state index in [4.69, 9.17) is 4.84 Å². The Balaban J connectivity index is 1.27. The largest absolute Gasteiger partial charge is 0.393 e. The molecule has 36 heavy (non-hydrogen) atoms. The highest BCUT2D eigenvalue weighted by molar-refractivity contribution is 6.01. The quantitative estimate of drug-likeness (QED) is 0.491. The molecular formula is C28H43NO7. The number of hydrogen-bond donors (Lipinski definition) is 3. The van der Waals surface area contributed by atoms with E-state index in [9.17, 15) is 29.7 Å². The highest BCUT2D eigenvalue weighted by Gasteiger charge is 2.65. The number of aliphatic hydroxyl groups is 3. The molecule has 5 aliphatic rings. The molecular weight excluding hydrogens is 462 g/mol. The number of imide groups is 1. The lowest BCUT2D eigenvalue weighted by molar-refractivity contribution is -0.207. The topological polar surface area (TPSA) is 124 Å². The maximum atomic E-state index is 12.4. The number of fused-ring (bicyclic) bond motifs is 5. The molecule has 0 spiro atoms. The van der Waals surface area contributed by atoms with Crippen LogP contribution in [-0.2, 0) is 19.2 Å². The molecule has 5 rings (SSSR count). The fourth-order valence-electron chi connectivity index (χ4n) is 9.48. The van der Waals surface area contributed by atoms with Gasteiger partial charge < -0.3 is 20.2 Å². The SMILES string of the molecule is C[C@H](CCC(=O)ON1C(=O)CCC1=O)C1CC[C@H]2[C@@H]3C(C[C@@H](O)C12C)C1(C)CCC(O)C[C@H]1C[C@@H]3O. The lowest BCUT2D eigenvalue weighted by Crippen LogP contribution is -2.62. The van der Waals surface area contributed by atoms with Crippen LogP contribution < -0.4 is 0 Å². The molecule has 5 unspecified atom stereocenters. The van der Waals surface area contributed by atoms with Gasteiger partial charge in [0.05, 0.1) is 18.3 Å². The number of nitrogens with zero attached hydrogens (tertiary/aromatic N) is 1. The van der Waals surface area contributed by atoms with E-state index in [-0.39, 0.29) is 65.8 Å². The molecule has 1 heterocycles. The third-order valence-electron chi connectivity index (χ3n) is 11.5. The molecule has 8 heteroatoms. The van der Waals surface area contributed by atoms with Gasteiger partial charge >= 0.3 is 5.97 Å². The number of hydrogen-bond acceptors (Lipinski definition) is 7. The summed E-state index contributed by atoms with van der Waals surface area (Å²) in [5.41, 5.74) is -0.285. The Labute approximate surface area is 213 Å². The van der Waals surface area contributed by atoms with Gasteiger partial charge in [-0.05, 0) is 97.7 Å². The molecule has 11 atom stereocenters. The Morgan fingerprint density at radius 2 is 1.72 bits per heavy atom. The van der Waals surface area contributed by atoms with Gasteiger partial charge in [-0.15, -0.1) is 5.06 Å². The Bertz CT molecular complexity index is 892. The molecule has 0 aromatic heterocycles. The minimum absolute atomic E-state index is 0.0450. The first kappa shape index (κ1) is 26.1. The summed E-state index contributed by atoms with van der Waals surface area (Å²) in [5, 5.41) is 33.9. The summed E-state index contributed by atoms with van der Waals surface area (Å²) in [7, 11) is 0. The average molecular weight is 506 g/mol. The summed E-state index contributed by atoms with van der Waals surface area (Å²) in [6.45, 7) is 6.64. The second kappa shape index (κ2) is 9.35. The molecule has 1 aliphatic heterocycles. The van der Waals surface area contributed by atoms with Crippen LogP contribution in [0.25, 0.3) is 0 Å². The molecule has 1 saturated heterocycles. The van der Waals surface area contributed by atoms with Gasteiger partial charge in [0.15, 0.2) is 0 Å². The predicted molar refractivity (Wildman–Crippen MR) is 130 cm³/mol. The lowest BCUT2D eigenvalue weighted by Gasteiger charge is -2.63. The van der Waals surface area contributed by atoms with Crippen LogP contribution in [0.4, 0.5) is 0 Å². The van der Waals surface area contributed by atoms with E-state index in [0.717, 1.165) is 38.5 Å². The minimum atomic E-state index is -0.574. The summed E-state index contributed by atoms with van der Waals surface area (Å²) in [6.07, 6.45) is 5.50. The van der Waals surface area contributed by atoms with Gasteiger partial charge in [-0.25, -0.2) is 4.79 Å². The van der Waals surface area contributed by atoms with E-state index < -0.39 is 30.0 Å². The van der Waals surface area contributed by atoms with Crippen LogP contribution in [0.2, 0.25) is 0 Å². The van der Waals surface area contributed by atoms with Gasteiger partial charge in [0.1, 0.15) is 0 Å². The number of carbonyl (C=O) groups is 3. The van der Waals surface area contributed by atoms with Crippen molar-refractivity contribution in [2.45, 2.75) is 110 Å². The Hall–Kier alpha value is -1.51. The molecule has 0 aromatic rings. The average Bonchev–Trinajstić information content (AvgIpc) is 3.34. The van der Waals surface area contributed by atoms with Crippen molar-refractivity contribution in [1.29, 1.82) is 0 Å². The first-order valence-corrected chi connectivity index (χ1v) is 14.1. The van der Waals surface area contributed by atoms with E-state index in [0.29, 0.717) is 23.8 Å². The molecule has 8 nitrogen and oxygen atoms in total. The monoisotopic (exact) mass is 505 g/mol. The first-order chi connectivity index (χ1) is 17.0. The van der Waals surface area contributed by atoms with Gasteiger partial charge in [0, 0.05) is 19.3 Å². The van der Waals surface area contributed by atoms with Crippen LogP contribution in [0.5, 0.6) is 0 Å². The van der Waals surface area contributed by atoms with E-state index in [2.05, 4.69) is 20.8 Å². The van der Waals surface area contributed by atoms with Gasteiger partial charge in [-0.1, -0.05) is 20.8 Å². The standard InChI is InChI=1S/C28H43NO7/c1-15(4-9-25(35)36-29-23(33)7-8-24(29)34)18-5-6-19-26-20(14-22(32)28(18,19)3)27(2)11-10-17(30)12-16(27)13-21(26)31/h15-22,26,30-32H,4-14H2,1-3H3/t15-,16+,17?,18?,19+,20?,21+,22-,26-,27?,28?/m1/s1. The fraction of sp³-hybridized carbons (Fsp3) is 0.893. The Kier molecular flexibility index (Phi) is 6.78. The van der Waals surface area contributed by atoms with Crippen LogP contribution in [-0.4, -0.2) is 56.5 Å². The summed E-state index contributed by atoms with van der Waals surface area (Å²) >= 11 is 0. The summed E-state index contributed by atoms with van der Waals surface area (Å²) in [4.78, 5) is 40.9. The zero-order valence-electron chi connectivity index (χ0n) is 21.9. The van der Waals surface area contributed by atoms with Crippen LogP contribution in [0.1, 0.15) is 91.4 Å². The van der Waals surface area contributed by atoms with Crippen LogP contribution >= 0.6 is 0 Å². The zero-order valence-corrected chi connectivity index (χ0v) is 21.9. The van der Waals surface area contributed by atoms with Crippen LogP contribution in [0.3, 0.4) is 0 Å². The predicted octanol–water partition coefficient (Wildman–Crippen LogP) is 2.97. The molecule has 0 aromatic carbocycles. The maximum Gasteiger partial charge on any atom is 0.333 e. The van der Waals surface area contributed by atoms with Crippen molar-refractivity contribution in [3.05, 3.63) is 0 Å². The number of amides is 2. The summed E-state index contributed by atoms with van der Waals surface area (Å²) in [6, 6.07) is 0. The van der Waals surface area contributed by atoms with Crippen molar-refractivity contribution < 1.29 is 34.5 Å². The zero-order chi connectivity index (χ0) is 26.0. The normalized spacial score (nSPS) is 47.2. The maximum absolute atomic E-state index is 12.4. The Morgan fingerprint density at radius 3 is 2.42 bits per heavy atom. The van der Waals surface area contributed by atoms with Crippen LogP contribution in [0, 0.1) is 46.3 Å². The van der Waals surface area contributed by atoms with Crippen molar-refractivity contribution in [3.8, 4) is 0 Å². The van der Waals surface area contributed by atoms with Crippen LogP contribution in [0.15, 0.2) is 0 Å². The fourth-order valence-corrected chi connectivity index (χ4v) is 9.48. The first-order valence-electron chi connectivity index (χ1n) is 14.1. The lowest BCUT2D eigenvalue weighted by atomic mass is 9.43. The van der Waals surface area contributed by atoms with Gasteiger partial charge in [-0.2, -0.15) is 0 Å². The smallest absolute Gasteiger partial charge is 0.333 e. The molecule has 0 bridgehead atoms. The van der Waals surface area contributed by atoms with E-state index >= 15 is 0 Å². The van der Waals surface area contributed by atoms with Gasteiger partial charge in [0.25, 0.3) is 11.8 Å². The molecule has 3 N–H and O–H groups in total. The second-order valence-corrected chi connectivity index (χ2v) is 13.1. The van der Waals surface area contributed by atoms with E-state index in [1.165, 1.54) is 0 Å². The molecule has 202 valence electrons. The van der Waals surface area contributed by atoms with Crippen molar-refractivity contribution >= 4 is 17.8 Å². The van der Waals surface area contributed by atoms with Crippen molar-refractivity contribution in [2.75, 3.05) is 0 Å². The molecule has 5 fully saturated rings. The third kappa shape index (κ3) is 4.02. The highest BCUT2D eigenvalue weighted by Crippen LogP contribution is 2.68. The molecule has 4 saturated carbocycles. The van der Waals surface area contributed by atoms with E-state index in [1.54, 1.807) is 0 Å². The van der Waals surface area contributed by atoms with Crippen molar-refractivity contribution in [3.63, 3.8) is 0 Å². The van der Waals surface area contributed by atoms with Crippen molar-refractivity contribution in [1.82, 2.24) is 5.06 Å². The van der Waals surface area contributed by atoms with Crippen molar-refractivity contribution in [2.24, 2.45) is 46.3 Å². The van der Waals surface area contributed by atoms with Gasteiger partial charge in [-0.3, -0.25) is 9.59 Å². The summed E-state index contributed by atoms with van der Waals surface area (Å²) < 4.78 is 0. The summed E-state index contributed by atoms with van der Waals surface area (Å²) in [5.74, 6) is -0.213. The molecule has 4 aliphatic carbocycles. The number of hydroxylamine groups is 2. The number of rotatable bonds is 5. The second-order valence-electron chi connectivity index (χ2n) is 13.1. The molecule has 2 amide bonds. The minimum Gasteiger partial charge on any atom is -0.393 e. The Morgan fingerprint density at radius 1 is 1.03 bits per heavy atom.